The lowest BCUT2D eigenvalue weighted by molar-refractivity contribution is 0.948. The van der Waals surface area contributed by atoms with Gasteiger partial charge in [0.2, 0.25) is 0 Å². The molecule has 0 radical (unpaired) electrons. The maximum Gasteiger partial charge on any atom is 0.0571 e. The molecule has 1 N–H and O–H groups in total. The summed E-state index contributed by atoms with van der Waals surface area (Å²) in [4.78, 5) is 0. The standard InChI is InChI=1S/C14H16N2/c1-2-16(14-11-7-4-8-12-14)15-13-9-5-3-6-10-13/h3-12,15H,2H2,1H3. The number of nitrogens with one attached hydrogen (secondary N) is 1. The highest BCUT2D eigenvalue weighted by Gasteiger charge is 2.02. The van der Waals surface area contributed by atoms with Crippen molar-refractivity contribution < 1.29 is 0 Å². The predicted molar refractivity (Wildman–Crippen MR) is 69.5 cm³/mol. The van der Waals surface area contributed by atoms with Crippen LogP contribution in [0.3, 0.4) is 0 Å². The number of hydrazine groups is 1. The fourth-order valence-electron chi connectivity index (χ4n) is 1.60. The van der Waals surface area contributed by atoms with E-state index in [1.165, 1.54) is 5.69 Å². The number of nitrogens with zero attached hydrogens (tertiary/aromatic N) is 1. The van der Waals surface area contributed by atoms with Gasteiger partial charge in [-0.3, -0.25) is 10.4 Å². The van der Waals surface area contributed by atoms with Gasteiger partial charge in [-0.2, -0.15) is 0 Å². The van der Waals surface area contributed by atoms with Crippen molar-refractivity contribution in [1.29, 1.82) is 0 Å². The molecule has 0 amide bonds. The van der Waals surface area contributed by atoms with Crippen molar-refractivity contribution in [1.82, 2.24) is 0 Å². The van der Waals surface area contributed by atoms with Crippen molar-refractivity contribution >= 4 is 11.4 Å². The normalized spacial score (nSPS) is 9.81. The quantitative estimate of drug-likeness (QED) is 0.780. The molecule has 0 unspecified atom stereocenters. The average molecular weight is 212 g/mol. The van der Waals surface area contributed by atoms with E-state index in [4.69, 9.17) is 0 Å². The molecule has 0 aromatic heterocycles. The monoisotopic (exact) mass is 212 g/mol. The molecule has 0 spiro atoms. The summed E-state index contributed by atoms with van der Waals surface area (Å²) in [6.07, 6.45) is 0. The largest absolute Gasteiger partial charge is 0.298 e. The average Bonchev–Trinajstić information content (AvgIpc) is 2.38. The van der Waals surface area contributed by atoms with Crippen molar-refractivity contribution in [3.63, 3.8) is 0 Å². The molecule has 2 aromatic rings. The summed E-state index contributed by atoms with van der Waals surface area (Å²) >= 11 is 0. The van der Waals surface area contributed by atoms with Crippen LogP contribution in [-0.4, -0.2) is 6.54 Å². The zero-order chi connectivity index (χ0) is 11.2. The third-order valence-corrected chi connectivity index (χ3v) is 2.42. The van der Waals surface area contributed by atoms with Crippen molar-refractivity contribution in [2.75, 3.05) is 17.0 Å². The van der Waals surface area contributed by atoms with Gasteiger partial charge in [0.25, 0.3) is 0 Å². The Morgan fingerprint density at radius 1 is 0.875 bits per heavy atom. The molecule has 2 nitrogen and oxygen atoms in total. The van der Waals surface area contributed by atoms with Crippen LogP contribution in [0.2, 0.25) is 0 Å². The first kappa shape index (κ1) is 10.6. The van der Waals surface area contributed by atoms with E-state index in [9.17, 15) is 0 Å². The summed E-state index contributed by atoms with van der Waals surface area (Å²) in [6, 6.07) is 20.5. The van der Waals surface area contributed by atoms with Gasteiger partial charge in [0.1, 0.15) is 0 Å². The Hall–Kier alpha value is -1.96. The minimum Gasteiger partial charge on any atom is -0.298 e. The van der Waals surface area contributed by atoms with Gasteiger partial charge in [0, 0.05) is 6.54 Å². The Morgan fingerprint density at radius 2 is 1.44 bits per heavy atom. The van der Waals surface area contributed by atoms with Gasteiger partial charge in [-0.25, -0.2) is 0 Å². The van der Waals surface area contributed by atoms with Crippen LogP contribution in [0.1, 0.15) is 6.92 Å². The Kier molecular flexibility index (Phi) is 3.44. The number of benzene rings is 2. The minimum atomic E-state index is 0.916. The molecule has 0 saturated carbocycles. The smallest absolute Gasteiger partial charge is 0.0571 e. The second-order valence-corrected chi connectivity index (χ2v) is 3.56. The van der Waals surface area contributed by atoms with Crippen molar-refractivity contribution in [3.05, 3.63) is 60.7 Å². The van der Waals surface area contributed by atoms with Gasteiger partial charge in [0.05, 0.1) is 11.4 Å². The van der Waals surface area contributed by atoms with Crippen molar-refractivity contribution in [2.24, 2.45) is 0 Å². The minimum absolute atomic E-state index is 0.916. The fraction of sp³-hybridized carbons (Fsp3) is 0.143. The molecule has 0 atom stereocenters. The van der Waals surface area contributed by atoms with E-state index in [0.29, 0.717) is 0 Å². The van der Waals surface area contributed by atoms with Crippen molar-refractivity contribution in [2.45, 2.75) is 6.92 Å². The van der Waals surface area contributed by atoms with Gasteiger partial charge < -0.3 is 0 Å². The van der Waals surface area contributed by atoms with E-state index in [2.05, 4.69) is 41.6 Å². The van der Waals surface area contributed by atoms with E-state index in [1.807, 2.05) is 36.4 Å². The summed E-state index contributed by atoms with van der Waals surface area (Å²) in [6.45, 7) is 3.04. The number of anilines is 2. The van der Waals surface area contributed by atoms with Gasteiger partial charge >= 0.3 is 0 Å². The third-order valence-electron chi connectivity index (χ3n) is 2.42. The van der Waals surface area contributed by atoms with Gasteiger partial charge in [-0.1, -0.05) is 36.4 Å². The van der Waals surface area contributed by atoms with E-state index in [0.717, 1.165) is 12.2 Å². The van der Waals surface area contributed by atoms with Crippen LogP contribution in [0.25, 0.3) is 0 Å². The van der Waals surface area contributed by atoms with Crippen LogP contribution in [0, 0.1) is 0 Å². The first-order chi connectivity index (χ1) is 7.90. The molecule has 0 saturated heterocycles. The fourth-order valence-corrected chi connectivity index (χ4v) is 1.60. The highest BCUT2D eigenvalue weighted by atomic mass is 15.5. The Morgan fingerprint density at radius 3 is 2.00 bits per heavy atom. The number of hydrogen-bond donors (Lipinski definition) is 1. The summed E-state index contributed by atoms with van der Waals surface area (Å²) in [5.74, 6) is 0. The van der Waals surface area contributed by atoms with Gasteiger partial charge in [-0.15, -0.1) is 0 Å². The molecule has 0 aliphatic rings. The van der Waals surface area contributed by atoms with Crippen LogP contribution >= 0.6 is 0 Å². The molecule has 0 heterocycles. The predicted octanol–water partition coefficient (Wildman–Crippen LogP) is 3.54. The van der Waals surface area contributed by atoms with Crippen LogP contribution in [0.15, 0.2) is 60.7 Å². The Labute approximate surface area is 96.5 Å². The van der Waals surface area contributed by atoms with E-state index in [-0.39, 0.29) is 0 Å². The Balaban J connectivity index is 2.13. The molecule has 0 aliphatic carbocycles. The molecular weight excluding hydrogens is 196 g/mol. The summed E-state index contributed by atoms with van der Waals surface area (Å²) in [5.41, 5.74) is 5.66. The Bertz CT molecular complexity index is 411. The van der Waals surface area contributed by atoms with E-state index >= 15 is 0 Å². The van der Waals surface area contributed by atoms with Crippen molar-refractivity contribution in [3.8, 4) is 0 Å². The third kappa shape index (κ3) is 2.54. The van der Waals surface area contributed by atoms with Gasteiger partial charge in [0.15, 0.2) is 0 Å². The first-order valence-corrected chi connectivity index (χ1v) is 5.54. The molecule has 2 aromatic carbocycles. The molecular formula is C14H16N2. The van der Waals surface area contributed by atoms with Gasteiger partial charge in [-0.05, 0) is 31.2 Å². The molecule has 0 bridgehead atoms. The lowest BCUT2D eigenvalue weighted by atomic mass is 10.3. The maximum absolute atomic E-state index is 3.38. The highest BCUT2D eigenvalue weighted by molar-refractivity contribution is 5.54. The maximum atomic E-state index is 3.38. The molecule has 82 valence electrons. The van der Waals surface area contributed by atoms with E-state index in [1.54, 1.807) is 0 Å². The first-order valence-electron chi connectivity index (χ1n) is 5.54. The number of hydrogen-bond acceptors (Lipinski definition) is 2. The summed E-state index contributed by atoms with van der Waals surface area (Å²) in [7, 11) is 0. The second-order valence-electron chi connectivity index (χ2n) is 3.56. The second kappa shape index (κ2) is 5.21. The molecule has 0 aliphatic heterocycles. The van der Waals surface area contributed by atoms with Crippen LogP contribution < -0.4 is 10.4 Å². The SMILES string of the molecule is CCN(Nc1ccccc1)c1ccccc1. The zero-order valence-electron chi connectivity index (χ0n) is 9.43. The van der Waals surface area contributed by atoms with Crippen LogP contribution in [0.5, 0.6) is 0 Å². The summed E-state index contributed by atoms with van der Waals surface area (Å²) < 4.78 is 0. The number of rotatable bonds is 4. The molecule has 2 heteroatoms. The molecule has 0 fully saturated rings. The lowest BCUT2D eigenvalue weighted by Gasteiger charge is -2.24. The topological polar surface area (TPSA) is 15.3 Å². The lowest BCUT2D eigenvalue weighted by Crippen LogP contribution is -2.29. The zero-order valence-corrected chi connectivity index (χ0v) is 9.43. The summed E-state index contributed by atoms with van der Waals surface area (Å²) in [5, 5.41) is 2.12. The van der Waals surface area contributed by atoms with E-state index < -0.39 is 0 Å². The van der Waals surface area contributed by atoms with Crippen LogP contribution in [-0.2, 0) is 0 Å². The highest BCUT2D eigenvalue weighted by Crippen LogP contribution is 2.15. The molecule has 16 heavy (non-hydrogen) atoms. The molecule has 2 rings (SSSR count). The van der Waals surface area contributed by atoms with Crippen LogP contribution in [0.4, 0.5) is 11.4 Å². The number of para-hydroxylation sites is 2.